The fourth-order valence-corrected chi connectivity index (χ4v) is 2.25. The Morgan fingerprint density at radius 2 is 1.74 bits per heavy atom. The maximum atomic E-state index is 5.98. The third kappa shape index (κ3) is 2.59. The van der Waals surface area contributed by atoms with Crippen molar-refractivity contribution < 1.29 is 0 Å². The summed E-state index contributed by atoms with van der Waals surface area (Å²) < 4.78 is 0. The highest BCUT2D eigenvalue weighted by Gasteiger charge is 2.08. The summed E-state index contributed by atoms with van der Waals surface area (Å²) in [6.45, 7) is 0. The van der Waals surface area contributed by atoms with Gasteiger partial charge in [-0.05, 0) is 18.2 Å². The van der Waals surface area contributed by atoms with Gasteiger partial charge in [0.2, 0.25) is 0 Å². The summed E-state index contributed by atoms with van der Waals surface area (Å²) in [7, 11) is 0. The zero-order valence-electron chi connectivity index (χ0n) is 9.64. The molecule has 0 fully saturated rings. The van der Waals surface area contributed by atoms with Crippen LogP contribution in [0.5, 0.6) is 0 Å². The topological polar surface area (TPSA) is 54.5 Å². The first-order chi connectivity index (χ1) is 9.22. The van der Waals surface area contributed by atoms with Gasteiger partial charge in [-0.3, -0.25) is 4.98 Å². The number of hydrogen-bond acceptors (Lipinski definition) is 3. The van der Waals surface area contributed by atoms with Gasteiger partial charge in [0.15, 0.2) is 5.82 Å². The first-order valence-electron chi connectivity index (χ1n) is 5.50. The van der Waals surface area contributed by atoms with Crippen LogP contribution in [-0.4, -0.2) is 19.9 Å². The molecule has 0 radical (unpaired) electrons. The first-order valence-corrected chi connectivity index (χ1v) is 6.26. The van der Waals surface area contributed by atoms with Gasteiger partial charge in [0.25, 0.3) is 0 Å². The summed E-state index contributed by atoms with van der Waals surface area (Å²) in [6.07, 6.45) is 6.66. The van der Waals surface area contributed by atoms with Crippen LogP contribution < -0.4 is 0 Å². The molecule has 0 aliphatic carbocycles. The lowest BCUT2D eigenvalue weighted by Gasteiger charge is -1.99. The second kappa shape index (κ2) is 4.99. The van der Waals surface area contributed by atoms with E-state index in [-0.39, 0.29) is 0 Å². The number of rotatable bonds is 2. The monoisotopic (exact) mass is 290 g/mol. The van der Waals surface area contributed by atoms with Gasteiger partial charge in [0, 0.05) is 34.2 Å². The molecule has 0 atom stereocenters. The van der Waals surface area contributed by atoms with Crippen LogP contribution >= 0.6 is 23.2 Å². The molecule has 0 spiro atoms. The largest absolute Gasteiger partial charge is 0.343 e. The van der Waals surface area contributed by atoms with Gasteiger partial charge in [-0.2, -0.15) is 0 Å². The Morgan fingerprint density at radius 3 is 2.42 bits per heavy atom. The summed E-state index contributed by atoms with van der Waals surface area (Å²) in [5, 5.41) is 1.15. The van der Waals surface area contributed by atoms with Crippen LogP contribution in [0.1, 0.15) is 0 Å². The minimum Gasteiger partial charge on any atom is -0.343 e. The average Bonchev–Trinajstić information content (AvgIpc) is 2.88. The third-order valence-corrected chi connectivity index (χ3v) is 2.98. The van der Waals surface area contributed by atoms with Crippen LogP contribution in [0.15, 0.2) is 43.0 Å². The number of benzene rings is 1. The number of H-pyrrole nitrogens is 1. The lowest BCUT2D eigenvalue weighted by molar-refractivity contribution is 1.16. The van der Waals surface area contributed by atoms with Gasteiger partial charge in [0.05, 0.1) is 11.9 Å². The molecular weight excluding hydrogens is 283 g/mol. The van der Waals surface area contributed by atoms with Gasteiger partial charge in [0.1, 0.15) is 5.69 Å². The molecule has 0 aliphatic heterocycles. The lowest BCUT2D eigenvalue weighted by Crippen LogP contribution is -1.86. The molecule has 6 heteroatoms. The average molecular weight is 291 g/mol. The molecule has 0 amide bonds. The first kappa shape index (κ1) is 12.1. The summed E-state index contributed by atoms with van der Waals surface area (Å²) >= 11 is 12.0. The summed E-state index contributed by atoms with van der Waals surface area (Å²) in [5.41, 5.74) is 2.29. The Morgan fingerprint density at radius 1 is 0.947 bits per heavy atom. The van der Waals surface area contributed by atoms with Gasteiger partial charge in [-0.15, -0.1) is 0 Å². The zero-order valence-corrected chi connectivity index (χ0v) is 11.2. The van der Waals surface area contributed by atoms with Crippen molar-refractivity contribution in [3.05, 3.63) is 53.0 Å². The van der Waals surface area contributed by atoms with Crippen molar-refractivity contribution in [2.45, 2.75) is 0 Å². The second-order valence-electron chi connectivity index (χ2n) is 3.88. The number of nitrogens with one attached hydrogen (secondary N) is 1. The SMILES string of the molecule is Clc1cc(Cl)cc(-c2c[nH]c(-c3cnccn3)n2)c1. The second-order valence-corrected chi connectivity index (χ2v) is 4.76. The highest BCUT2D eigenvalue weighted by Crippen LogP contribution is 2.27. The van der Waals surface area contributed by atoms with Gasteiger partial charge < -0.3 is 4.98 Å². The van der Waals surface area contributed by atoms with Crippen molar-refractivity contribution in [2.24, 2.45) is 0 Å². The van der Waals surface area contributed by atoms with E-state index in [1.165, 1.54) is 0 Å². The number of aromatic nitrogens is 4. The van der Waals surface area contributed by atoms with Crippen LogP contribution in [0.3, 0.4) is 0 Å². The smallest absolute Gasteiger partial charge is 0.158 e. The molecule has 3 aromatic rings. The van der Waals surface area contributed by atoms with E-state index in [9.17, 15) is 0 Å². The number of hydrogen-bond donors (Lipinski definition) is 1. The molecule has 0 saturated carbocycles. The Kier molecular flexibility index (Phi) is 3.19. The molecular formula is C13H8Cl2N4. The number of aromatic amines is 1. The van der Waals surface area contributed by atoms with Crippen molar-refractivity contribution >= 4 is 23.2 Å². The predicted octanol–water partition coefficient (Wildman–Crippen LogP) is 3.84. The van der Waals surface area contributed by atoms with E-state index < -0.39 is 0 Å². The van der Waals surface area contributed by atoms with Crippen molar-refractivity contribution in [3.63, 3.8) is 0 Å². The van der Waals surface area contributed by atoms with Crippen LogP contribution in [0.2, 0.25) is 10.0 Å². The molecule has 0 saturated heterocycles. The van der Waals surface area contributed by atoms with Crippen LogP contribution in [-0.2, 0) is 0 Å². The Labute approximate surface area is 119 Å². The lowest BCUT2D eigenvalue weighted by atomic mass is 10.2. The fourth-order valence-electron chi connectivity index (χ4n) is 1.72. The Bertz CT molecular complexity index is 689. The molecule has 1 aromatic carbocycles. The molecule has 94 valence electrons. The highest BCUT2D eigenvalue weighted by molar-refractivity contribution is 6.35. The molecule has 0 unspecified atom stereocenters. The normalized spacial score (nSPS) is 10.6. The van der Waals surface area contributed by atoms with Gasteiger partial charge in [-0.1, -0.05) is 23.2 Å². The maximum absolute atomic E-state index is 5.98. The van der Waals surface area contributed by atoms with Crippen molar-refractivity contribution in [2.75, 3.05) is 0 Å². The molecule has 19 heavy (non-hydrogen) atoms. The van der Waals surface area contributed by atoms with E-state index in [0.717, 1.165) is 11.3 Å². The van der Waals surface area contributed by atoms with E-state index >= 15 is 0 Å². The Balaban J connectivity index is 2.02. The minimum atomic E-state index is 0.576. The summed E-state index contributed by atoms with van der Waals surface area (Å²) in [4.78, 5) is 15.7. The zero-order chi connectivity index (χ0) is 13.2. The van der Waals surface area contributed by atoms with Crippen molar-refractivity contribution in [1.29, 1.82) is 0 Å². The van der Waals surface area contributed by atoms with Crippen molar-refractivity contribution in [3.8, 4) is 22.8 Å². The highest BCUT2D eigenvalue weighted by atomic mass is 35.5. The van der Waals surface area contributed by atoms with Gasteiger partial charge in [-0.25, -0.2) is 9.97 Å². The van der Waals surface area contributed by atoms with E-state index in [2.05, 4.69) is 19.9 Å². The minimum absolute atomic E-state index is 0.576. The molecule has 3 rings (SSSR count). The number of imidazole rings is 1. The molecule has 2 aromatic heterocycles. The quantitative estimate of drug-likeness (QED) is 0.780. The van der Waals surface area contributed by atoms with E-state index in [1.54, 1.807) is 30.9 Å². The van der Waals surface area contributed by atoms with Crippen LogP contribution in [0.4, 0.5) is 0 Å². The molecule has 4 nitrogen and oxygen atoms in total. The molecule has 0 bridgehead atoms. The number of halogens is 2. The van der Waals surface area contributed by atoms with Gasteiger partial charge >= 0.3 is 0 Å². The molecule has 0 aliphatic rings. The third-order valence-electron chi connectivity index (χ3n) is 2.54. The van der Waals surface area contributed by atoms with E-state index in [4.69, 9.17) is 23.2 Å². The summed E-state index contributed by atoms with van der Waals surface area (Å²) in [6, 6.07) is 5.30. The fraction of sp³-hybridized carbons (Fsp3) is 0. The summed E-state index contributed by atoms with van der Waals surface area (Å²) in [5.74, 6) is 0.652. The molecule has 2 heterocycles. The van der Waals surface area contributed by atoms with Crippen LogP contribution in [0, 0.1) is 0 Å². The van der Waals surface area contributed by atoms with Crippen LogP contribution in [0.25, 0.3) is 22.8 Å². The van der Waals surface area contributed by atoms with E-state index in [1.807, 2.05) is 12.1 Å². The number of nitrogens with zero attached hydrogens (tertiary/aromatic N) is 3. The standard InChI is InChI=1S/C13H8Cl2N4/c14-9-3-8(4-10(15)5-9)11-7-18-13(19-11)12-6-16-1-2-17-12/h1-7H,(H,18,19). The van der Waals surface area contributed by atoms with Crippen molar-refractivity contribution in [1.82, 2.24) is 19.9 Å². The predicted molar refractivity (Wildman–Crippen MR) is 75.1 cm³/mol. The molecule has 1 N–H and O–H groups in total. The van der Waals surface area contributed by atoms with E-state index in [0.29, 0.717) is 21.6 Å². The Hall–Kier alpha value is -1.91. The maximum Gasteiger partial charge on any atom is 0.158 e.